The van der Waals surface area contributed by atoms with Crippen LogP contribution < -0.4 is 15.4 Å². The Hall–Kier alpha value is -4.79. The molecule has 9 rings (SSSR count). The minimum Gasteiger partial charge on any atom is -0.461 e. The van der Waals surface area contributed by atoms with E-state index in [1.165, 1.54) is 30.1 Å². The van der Waals surface area contributed by atoms with Crippen molar-refractivity contribution in [3.63, 3.8) is 0 Å². The third-order valence-corrected chi connectivity index (χ3v) is 13.4. The van der Waals surface area contributed by atoms with Crippen molar-refractivity contribution in [1.29, 1.82) is 5.26 Å². The lowest BCUT2D eigenvalue weighted by atomic mass is 9.75. The minimum absolute atomic E-state index is 0.00686. The van der Waals surface area contributed by atoms with Gasteiger partial charge in [0.25, 0.3) is 12.3 Å². The third-order valence-electron chi connectivity index (χ3n) is 12.1. The summed E-state index contributed by atoms with van der Waals surface area (Å²) in [4.78, 5) is 28.6. The lowest BCUT2D eigenvalue weighted by Gasteiger charge is -2.51. The quantitative estimate of drug-likeness (QED) is 0.165. The number of nitrogens with zero attached hydrogens (tertiary/aromatic N) is 8. The molecule has 4 saturated heterocycles. The van der Waals surface area contributed by atoms with E-state index < -0.39 is 46.8 Å². The van der Waals surface area contributed by atoms with Crippen LogP contribution in [0.15, 0.2) is 24.4 Å². The van der Waals surface area contributed by atoms with Crippen molar-refractivity contribution in [3.05, 3.63) is 57.9 Å². The summed E-state index contributed by atoms with van der Waals surface area (Å²) in [6.07, 6.45) is 1.63. The number of ether oxygens (including phenoxy) is 1. The van der Waals surface area contributed by atoms with Gasteiger partial charge in [-0.25, -0.2) is 22.0 Å². The number of halogens is 6. The Balaban J connectivity index is 1.12. The maximum Gasteiger partial charge on any atom is 0.319 e. The average Bonchev–Trinajstić information content (AvgIpc) is 3.87. The number of nitrogens with two attached hydrogens (primary N) is 1. The van der Waals surface area contributed by atoms with Crippen LogP contribution in [0, 0.1) is 28.4 Å². The molecular formula is C39H37ClF5N9O2S. The van der Waals surface area contributed by atoms with E-state index in [4.69, 9.17) is 27.1 Å². The van der Waals surface area contributed by atoms with Crippen LogP contribution >= 0.6 is 22.9 Å². The number of aromatic nitrogens is 4. The molecule has 1 amide bonds. The average molecular weight is 826 g/mol. The summed E-state index contributed by atoms with van der Waals surface area (Å²) >= 11 is 7.82. The van der Waals surface area contributed by atoms with Crippen LogP contribution in [0.1, 0.15) is 66.6 Å². The highest BCUT2D eigenvalue weighted by atomic mass is 35.5. The van der Waals surface area contributed by atoms with Crippen LogP contribution in [-0.2, 0) is 7.05 Å². The number of aryl methyl sites for hydroxylation is 1. The van der Waals surface area contributed by atoms with Crippen molar-refractivity contribution in [1.82, 2.24) is 29.5 Å². The Morgan fingerprint density at radius 2 is 1.96 bits per heavy atom. The number of anilines is 2. The zero-order valence-electron chi connectivity index (χ0n) is 30.8. The summed E-state index contributed by atoms with van der Waals surface area (Å²) < 4.78 is 82.1. The number of hydrogen-bond acceptors (Lipinski definition) is 10. The number of carbonyl (C=O) groups is 1. The molecule has 18 heteroatoms. The second kappa shape index (κ2) is 13.9. The first-order valence-electron chi connectivity index (χ1n) is 18.8. The standard InChI is InChI=1S/C39H37ClF5N9O2S/c1-51-15-24(31(50-51)33(44)45)36(55)53-17-38(18-53)7-2-3-9-52(16-38)35-22-11-25(40)28(21-5-6-26(42)32-27(21)23(13-46)34(47)57-32)29(43)30(22)48-37(49-35)56-19-39-8-4-10-54(39)14-20(41)12-39/h5-6,11,15,20,33H,2-4,7-10,12,14,16-19,47H2,1H3/t20-,39+/m1/s1. The summed E-state index contributed by atoms with van der Waals surface area (Å²) in [5.41, 5.74) is 4.40. The maximum atomic E-state index is 17.3. The molecule has 1 spiro atoms. The number of benzene rings is 2. The number of nitrogen functional groups attached to an aromatic ring is 1. The van der Waals surface area contributed by atoms with Crippen LogP contribution in [0.3, 0.4) is 0 Å². The Labute approximate surface area is 332 Å². The Morgan fingerprint density at radius 1 is 1.16 bits per heavy atom. The van der Waals surface area contributed by atoms with Crippen molar-refractivity contribution in [2.45, 2.75) is 56.7 Å². The van der Waals surface area contributed by atoms with Gasteiger partial charge in [-0.15, -0.1) is 11.3 Å². The fourth-order valence-corrected chi connectivity index (χ4v) is 10.8. The molecule has 0 saturated carbocycles. The largest absolute Gasteiger partial charge is 0.461 e. The van der Waals surface area contributed by atoms with E-state index in [0.29, 0.717) is 45.0 Å². The number of carbonyl (C=O) groups excluding carboxylic acids is 1. The van der Waals surface area contributed by atoms with Crippen LogP contribution in [0.2, 0.25) is 5.02 Å². The molecule has 11 nitrogen and oxygen atoms in total. The number of fused-ring (bicyclic) bond motifs is 3. The molecule has 7 heterocycles. The predicted octanol–water partition coefficient (Wildman–Crippen LogP) is 7.66. The van der Waals surface area contributed by atoms with E-state index in [2.05, 4.69) is 15.0 Å². The summed E-state index contributed by atoms with van der Waals surface area (Å²) in [5, 5.41) is 14.2. The number of amides is 1. The highest BCUT2D eigenvalue weighted by Gasteiger charge is 2.50. The second-order valence-electron chi connectivity index (χ2n) is 15.8. The maximum absolute atomic E-state index is 17.3. The number of hydrogen-bond donors (Lipinski definition) is 1. The summed E-state index contributed by atoms with van der Waals surface area (Å²) in [5.74, 6) is -1.63. The summed E-state index contributed by atoms with van der Waals surface area (Å²) in [7, 11) is 1.49. The fraction of sp³-hybridized carbons (Fsp3) is 0.462. The Morgan fingerprint density at radius 3 is 2.74 bits per heavy atom. The first-order chi connectivity index (χ1) is 27.3. The molecule has 5 aromatic rings. The SMILES string of the molecule is Cn1cc(C(=O)N2CC3(CCCCN(c4nc(OC[C@@]56CCCN5C[C@H](F)C6)nc5c(F)c(-c6ccc(F)c7sc(N)c(C#N)c67)c(Cl)cc45)C3)C2)c(C(F)F)n1. The monoisotopic (exact) mass is 825 g/mol. The van der Waals surface area contributed by atoms with E-state index in [9.17, 15) is 23.2 Å². The molecular weight excluding hydrogens is 789 g/mol. The van der Waals surface area contributed by atoms with Gasteiger partial charge in [-0.2, -0.15) is 20.3 Å². The van der Waals surface area contributed by atoms with Gasteiger partial charge < -0.3 is 20.3 Å². The van der Waals surface area contributed by atoms with Gasteiger partial charge in [-0.3, -0.25) is 14.4 Å². The number of alkyl halides is 3. The predicted molar refractivity (Wildman–Crippen MR) is 206 cm³/mol. The Kier molecular flexibility index (Phi) is 9.24. The molecule has 0 aliphatic carbocycles. The molecule has 2 atom stereocenters. The van der Waals surface area contributed by atoms with Gasteiger partial charge >= 0.3 is 6.01 Å². The third kappa shape index (κ3) is 6.22. The number of likely N-dealkylation sites (tertiary alicyclic amines) is 1. The summed E-state index contributed by atoms with van der Waals surface area (Å²) in [6, 6.07) is 5.99. The van der Waals surface area contributed by atoms with E-state index in [0.717, 1.165) is 50.0 Å². The molecule has 4 aliphatic rings. The van der Waals surface area contributed by atoms with Gasteiger partial charge in [0.2, 0.25) is 0 Å². The molecule has 2 N–H and O–H groups in total. The van der Waals surface area contributed by atoms with Crippen LogP contribution in [0.5, 0.6) is 6.01 Å². The molecule has 3 aromatic heterocycles. The molecule has 0 radical (unpaired) electrons. The highest BCUT2D eigenvalue weighted by molar-refractivity contribution is 7.23. The second-order valence-corrected chi connectivity index (χ2v) is 17.3. The molecule has 0 bridgehead atoms. The topological polar surface area (TPSA) is 129 Å². The van der Waals surface area contributed by atoms with Crippen molar-refractivity contribution >= 4 is 60.7 Å². The smallest absolute Gasteiger partial charge is 0.319 e. The highest BCUT2D eigenvalue weighted by Crippen LogP contribution is 2.47. The lowest BCUT2D eigenvalue weighted by Crippen LogP contribution is -2.62. The first kappa shape index (κ1) is 37.8. The number of rotatable bonds is 7. The fourth-order valence-electron chi connectivity index (χ4n) is 9.58. The molecule has 57 heavy (non-hydrogen) atoms. The van der Waals surface area contributed by atoms with Crippen molar-refractivity contribution in [3.8, 4) is 23.2 Å². The van der Waals surface area contributed by atoms with E-state index in [1.807, 2.05) is 11.0 Å². The Bertz CT molecular complexity index is 2500. The number of nitriles is 1. The molecule has 2 aromatic carbocycles. The van der Waals surface area contributed by atoms with Crippen molar-refractivity contribution in [2.75, 3.05) is 56.5 Å². The van der Waals surface area contributed by atoms with Gasteiger partial charge in [0.05, 0.1) is 26.4 Å². The lowest BCUT2D eigenvalue weighted by molar-refractivity contribution is 0.00589. The van der Waals surface area contributed by atoms with Crippen molar-refractivity contribution in [2.24, 2.45) is 12.5 Å². The van der Waals surface area contributed by atoms with Gasteiger partial charge in [-0.05, 0) is 49.9 Å². The zero-order chi connectivity index (χ0) is 40.0. The number of thiophene rings is 1. The van der Waals surface area contributed by atoms with Crippen molar-refractivity contribution < 1.29 is 31.5 Å². The summed E-state index contributed by atoms with van der Waals surface area (Å²) in [6.45, 7) is 2.67. The van der Waals surface area contributed by atoms with Crippen LogP contribution in [-0.4, -0.2) is 93.0 Å². The van der Waals surface area contributed by atoms with Gasteiger partial charge in [0.15, 0.2) is 5.82 Å². The van der Waals surface area contributed by atoms with Crippen LogP contribution in [0.25, 0.3) is 32.1 Å². The zero-order valence-corrected chi connectivity index (χ0v) is 32.4. The van der Waals surface area contributed by atoms with Gasteiger partial charge in [-0.1, -0.05) is 24.1 Å². The van der Waals surface area contributed by atoms with Gasteiger partial charge in [0.1, 0.15) is 46.7 Å². The normalized spacial score (nSPS) is 22.1. The van der Waals surface area contributed by atoms with Gasteiger partial charge in [0, 0.05) is 74.1 Å². The first-order valence-corrected chi connectivity index (χ1v) is 20.0. The van der Waals surface area contributed by atoms with Crippen LogP contribution in [0.4, 0.5) is 32.8 Å². The molecule has 298 valence electrons. The molecule has 0 unspecified atom stereocenters. The van der Waals surface area contributed by atoms with E-state index in [-0.39, 0.29) is 65.9 Å². The van der Waals surface area contributed by atoms with E-state index in [1.54, 1.807) is 11.0 Å². The molecule has 4 aliphatic heterocycles. The molecule has 4 fully saturated rings. The van der Waals surface area contributed by atoms with E-state index >= 15 is 8.78 Å². The minimum atomic E-state index is -2.90.